The first kappa shape index (κ1) is 34.4. The first-order valence-electron chi connectivity index (χ1n) is 15.7. The van der Waals surface area contributed by atoms with E-state index in [9.17, 15) is 27.6 Å². The molecule has 5 rings (SSSR count). The fraction of sp³-hybridized carbons (Fsp3) is 0.353. The predicted molar refractivity (Wildman–Crippen MR) is 182 cm³/mol. The molecule has 1 atom stereocenters. The van der Waals surface area contributed by atoms with E-state index in [2.05, 4.69) is 25.9 Å². The molecular formula is C34H40N6O7S. The zero-order valence-electron chi connectivity index (χ0n) is 27.0. The summed E-state index contributed by atoms with van der Waals surface area (Å²) >= 11 is 0. The van der Waals surface area contributed by atoms with Crippen molar-refractivity contribution in [3.63, 3.8) is 0 Å². The Kier molecular flexibility index (Phi) is 10.3. The second kappa shape index (κ2) is 14.4. The van der Waals surface area contributed by atoms with Gasteiger partial charge in [0.2, 0.25) is 21.8 Å². The third-order valence-electron chi connectivity index (χ3n) is 8.87. The van der Waals surface area contributed by atoms with Gasteiger partial charge < -0.3 is 31.0 Å². The number of aromatic amines is 2. The summed E-state index contributed by atoms with van der Waals surface area (Å²) in [4.78, 5) is 55.2. The van der Waals surface area contributed by atoms with Crippen molar-refractivity contribution in [1.29, 1.82) is 0 Å². The van der Waals surface area contributed by atoms with Gasteiger partial charge in [0.15, 0.2) is 0 Å². The van der Waals surface area contributed by atoms with Gasteiger partial charge in [0, 0.05) is 38.7 Å². The van der Waals surface area contributed by atoms with Gasteiger partial charge in [0.1, 0.15) is 6.04 Å². The Morgan fingerprint density at radius 1 is 0.938 bits per heavy atom. The van der Waals surface area contributed by atoms with E-state index in [0.29, 0.717) is 48.9 Å². The van der Waals surface area contributed by atoms with Gasteiger partial charge >= 0.3 is 11.8 Å². The van der Waals surface area contributed by atoms with Crippen LogP contribution in [0.15, 0.2) is 70.4 Å². The molecule has 4 aromatic rings. The molecule has 0 saturated heterocycles. The maximum atomic E-state index is 13.7. The summed E-state index contributed by atoms with van der Waals surface area (Å²) in [6.45, 7) is 2.25. The van der Waals surface area contributed by atoms with Crippen LogP contribution in [0, 0.1) is 18.8 Å². The van der Waals surface area contributed by atoms with Crippen molar-refractivity contribution >= 4 is 44.7 Å². The minimum absolute atomic E-state index is 0.157. The third kappa shape index (κ3) is 8.12. The molecule has 0 bridgehead atoms. The van der Waals surface area contributed by atoms with Crippen molar-refractivity contribution in [2.75, 3.05) is 26.0 Å². The Balaban J connectivity index is 1.34. The number of amides is 3. The van der Waals surface area contributed by atoms with Crippen LogP contribution in [0.3, 0.4) is 0 Å². The van der Waals surface area contributed by atoms with Gasteiger partial charge in [-0.15, -0.1) is 0 Å². The molecule has 14 heteroatoms. The molecule has 0 aliphatic heterocycles. The molecule has 13 nitrogen and oxygen atoms in total. The fourth-order valence-electron chi connectivity index (χ4n) is 6.04. The summed E-state index contributed by atoms with van der Waals surface area (Å²) < 4.78 is 26.7. The highest BCUT2D eigenvalue weighted by atomic mass is 32.2. The number of H-pyrrole nitrogens is 2. The van der Waals surface area contributed by atoms with E-state index in [1.807, 2.05) is 31.2 Å². The van der Waals surface area contributed by atoms with Crippen molar-refractivity contribution < 1.29 is 27.9 Å². The Hall–Kier alpha value is -4.95. The predicted octanol–water partition coefficient (Wildman–Crippen LogP) is 3.82. The van der Waals surface area contributed by atoms with Gasteiger partial charge in [-0.2, -0.15) is 0 Å². The molecule has 1 saturated carbocycles. The number of imidazole rings is 1. The number of benzene rings is 3. The normalized spacial score (nSPS) is 17.2. The lowest BCUT2D eigenvalue weighted by Gasteiger charge is -2.29. The van der Waals surface area contributed by atoms with Gasteiger partial charge in [-0.1, -0.05) is 30.3 Å². The molecule has 0 radical (unpaired) electrons. The van der Waals surface area contributed by atoms with E-state index in [-0.39, 0.29) is 34.7 Å². The Morgan fingerprint density at radius 2 is 1.62 bits per heavy atom. The number of nitrogens with zero attached hydrogens (tertiary/aromatic N) is 1. The minimum Gasteiger partial charge on any atom is -0.465 e. The topological polar surface area (TPSA) is 194 Å². The highest BCUT2D eigenvalue weighted by molar-refractivity contribution is 7.89. The fourth-order valence-corrected chi connectivity index (χ4v) is 6.97. The van der Waals surface area contributed by atoms with E-state index in [4.69, 9.17) is 5.11 Å². The van der Waals surface area contributed by atoms with Crippen molar-refractivity contribution in [1.82, 2.24) is 24.9 Å². The van der Waals surface area contributed by atoms with Gasteiger partial charge in [0.25, 0.3) is 0 Å². The molecule has 3 aromatic carbocycles. The molecule has 48 heavy (non-hydrogen) atoms. The van der Waals surface area contributed by atoms with Gasteiger partial charge in [-0.3, -0.25) is 9.59 Å². The van der Waals surface area contributed by atoms with Crippen LogP contribution in [-0.4, -0.2) is 72.4 Å². The number of carbonyl (C=O) groups is 3. The Morgan fingerprint density at radius 3 is 2.29 bits per heavy atom. The van der Waals surface area contributed by atoms with Gasteiger partial charge in [-0.05, 0) is 91.1 Å². The number of sulfonamides is 1. The highest BCUT2D eigenvalue weighted by Crippen LogP contribution is 2.30. The lowest BCUT2D eigenvalue weighted by atomic mass is 9.81. The summed E-state index contributed by atoms with van der Waals surface area (Å²) in [6, 6.07) is 16.5. The third-order valence-corrected chi connectivity index (χ3v) is 10.7. The monoisotopic (exact) mass is 676 g/mol. The molecule has 1 fully saturated rings. The SMILES string of the molecule is Cc1ccc(S(=O)(=O)N(C)C)cc1-c1ccc(C[C@H](NC(=O)C2CCC(CNC(=O)O)CC2)C(=O)Nc2ccc3[nH]c(=O)[nH]c3c2)cc1. The minimum atomic E-state index is -3.62. The average molecular weight is 677 g/mol. The number of carboxylic acid groups (broad SMARTS) is 1. The molecule has 1 aliphatic carbocycles. The number of hydrogen-bond acceptors (Lipinski definition) is 6. The van der Waals surface area contributed by atoms with Crippen LogP contribution in [0.5, 0.6) is 0 Å². The number of fused-ring (bicyclic) bond motifs is 1. The standard InChI is InChI=1S/C34H40N6O7S/c1-20-4-14-26(48(46,47)40(2)3)18-27(20)23-9-5-21(6-10-23)16-30(32(42)36-25-13-15-28-29(17-25)39-33(43)38-28)37-31(41)24-11-7-22(8-12-24)19-35-34(44)45/h4-6,9-10,13-15,17-18,22,24,30,35H,7-8,11-12,16,19H2,1-3H3,(H,36,42)(H,37,41)(H,44,45)(H2,38,39,43)/t22?,24?,30-/m0/s1. The van der Waals surface area contributed by atoms with E-state index < -0.39 is 28.1 Å². The first-order valence-corrected chi connectivity index (χ1v) is 17.2. The van der Waals surface area contributed by atoms with Crippen molar-refractivity contribution in [3.8, 4) is 11.1 Å². The number of rotatable bonds is 11. The van der Waals surface area contributed by atoms with Crippen molar-refractivity contribution in [3.05, 3.63) is 82.3 Å². The summed E-state index contributed by atoms with van der Waals surface area (Å²) in [7, 11) is -0.652. The second-order valence-electron chi connectivity index (χ2n) is 12.5. The lowest BCUT2D eigenvalue weighted by molar-refractivity contribution is -0.130. The molecule has 0 spiro atoms. The lowest BCUT2D eigenvalue weighted by Crippen LogP contribution is -2.48. The zero-order chi connectivity index (χ0) is 34.6. The van der Waals surface area contributed by atoms with Crippen LogP contribution >= 0.6 is 0 Å². The summed E-state index contributed by atoms with van der Waals surface area (Å²) in [5.41, 5.74) is 4.46. The van der Waals surface area contributed by atoms with Crippen LogP contribution in [0.2, 0.25) is 0 Å². The van der Waals surface area contributed by atoms with Gasteiger partial charge in [-0.25, -0.2) is 22.3 Å². The Bertz CT molecular complexity index is 1980. The maximum absolute atomic E-state index is 13.7. The largest absolute Gasteiger partial charge is 0.465 e. The second-order valence-corrected chi connectivity index (χ2v) is 14.6. The van der Waals surface area contributed by atoms with Crippen LogP contribution in [0.1, 0.15) is 36.8 Å². The summed E-state index contributed by atoms with van der Waals surface area (Å²) in [5.74, 6) is -0.818. The molecule has 1 aliphatic rings. The number of nitrogens with one attached hydrogen (secondary N) is 5. The van der Waals surface area contributed by atoms with E-state index in [0.717, 1.165) is 22.3 Å². The summed E-state index contributed by atoms with van der Waals surface area (Å²) in [6.07, 6.45) is 1.68. The molecule has 254 valence electrons. The van der Waals surface area contributed by atoms with E-state index in [1.165, 1.54) is 18.4 Å². The molecule has 1 aromatic heterocycles. The smallest absolute Gasteiger partial charge is 0.404 e. The van der Waals surface area contributed by atoms with Gasteiger partial charge in [0.05, 0.1) is 15.9 Å². The molecule has 3 amide bonds. The first-order chi connectivity index (χ1) is 22.8. The molecule has 6 N–H and O–H groups in total. The van der Waals surface area contributed by atoms with E-state index >= 15 is 0 Å². The van der Waals surface area contributed by atoms with Crippen LogP contribution < -0.4 is 21.6 Å². The van der Waals surface area contributed by atoms with Crippen LogP contribution in [0.4, 0.5) is 10.5 Å². The maximum Gasteiger partial charge on any atom is 0.404 e. The van der Waals surface area contributed by atoms with E-state index in [1.54, 1.807) is 36.4 Å². The van der Waals surface area contributed by atoms with Crippen LogP contribution in [-0.2, 0) is 26.0 Å². The molecular weight excluding hydrogens is 636 g/mol. The zero-order valence-corrected chi connectivity index (χ0v) is 27.8. The van der Waals surface area contributed by atoms with Crippen LogP contribution in [0.25, 0.3) is 22.2 Å². The average Bonchev–Trinajstić information content (AvgIpc) is 3.43. The molecule has 0 unspecified atom stereocenters. The highest BCUT2D eigenvalue weighted by Gasteiger charge is 2.30. The molecule has 1 heterocycles. The number of carbonyl (C=O) groups excluding carboxylic acids is 2. The number of hydrogen-bond donors (Lipinski definition) is 6. The van der Waals surface area contributed by atoms with Crippen molar-refractivity contribution in [2.24, 2.45) is 11.8 Å². The summed E-state index contributed by atoms with van der Waals surface area (Å²) in [5, 5.41) is 17.1. The number of aromatic nitrogens is 2. The number of aryl methyl sites for hydroxylation is 1. The Labute approximate surface area is 278 Å². The number of anilines is 1. The van der Waals surface area contributed by atoms with Crippen molar-refractivity contribution in [2.45, 2.75) is 50.0 Å². The quantitative estimate of drug-likeness (QED) is 0.139.